The fourth-order valence-corrected chi connectivity index (χ4v) is 3.05. The molecule has 0 aromatic heterocycles. The van der Waals surface area contributed by atoms with Gasteiger partial charge in [0.25, 0.3) is 0 Å². The predicted molar refractivity (Wildman–Crippen MR) is 79.9 cm³/mol. The van der Waals surface area contributed by atoms with Gasteiger partial charge in [-0.15, -0.1) is 0 Å². The highest BCUT2D eigenvalue weighted by atomic mass is 19.1. The van der Waals surface area contributed by atoms with Crippen LogP contribution in [-0.2, 0) is 11.2 Å². The van der Waals surface area contributed by atoms with E-state index in [1.807, 2.05) is 0 Å². The van der Waals surface area contributed by atoms with Crippen LogP contribution in [0.1, 0.15) is 18.4 Å². The van der Waals surface area contributed by atoms with E-state index in [-0.39, 0.29) is 23.8 Å². The lowest BCUT2D eigenvalue weighted by atomic mass is 9.97. The normalized spacial score (nSPS) is 21.3. The third-order valence-corrected chi connectivity index (χ3v) is 4.39. The Labute approximate surface area is 133 Å². The monoisotopic (exact) mass is 322 g/mol. The highest BCUT2D eigenvalue weighted by molar-refractivity contribution is 5.75. The van der Waals surface area contributed by atoms with Gasteiger partial charge >= 0.3 is 12.0 Å². The second-order valence-electron chi connectivity index (χ2n) is 6.01. The van der Waals surface area contributed by atoms with E-state index in [0.717, 1.165) is 5.56 Å². The van der Waals surface area contributed by atoms with Gasteiger partial charge in [0.05, 0.1) is 12.0 Å². The third kappa shape index (κ3) is 3.55. The highest BCUT2D eigenvalue weighted by Crippen LogP contribution is 2.25. The number of benzene rings is 1. The molecule has 124 valence electrons. The van der Waals surface area contributed by atoms with Crippen molar-refractivity contribution >= 4 is 12.0 Å². The number of hydrogen-bond donors (Lipinski definition) is 2. The summed E-state index contributed by atoms with van der Waals surface area (Å²) in [4.78, 5) is 24.8. The molecule has 0 spiro atoms. The van der Waals surface area contributed by atoms with Gasteiger partial charge < -0.3 is 20.1 Å². The molecule has 1 unspecified atom stereocenters. The van der Waals surface area contributed by atoms with Crippen molar-refractivity contribution in [2.75, 3.05) is 19.7 Å². The Morgan fingerprint density at radius 1 is 1.30 bits per heavy atom. The summed E-state index contributed by atoms with van der Waals surface area (Å²) in [6.07, 6.45) is 1.46. The summed E-state index contributed by atoms with van der Waals surface area (Å²) in [5, 5.41) is 11.9. The summed E-state index contributed by atoms with van der Waals surface area (Å²) in [5.74, 6) is -0.842. The van der Waals surface area contributed by atoms with Crippen LogP contribution in [0.2, 0.25) is 0 Å². The van der Waals surface area contributed by atoms with Crippen molar-refractivity contribution < 1.29 is 23.8 Å². The molecular weight excluding hydrogens is 303 g/mol. The maximum atomic E-state index is 13.3. The molecular formula is C16H19FN2O4. The maximum Gasteiger partial charge on any atom is 0.317 e. The van der Waals surface area contributed by atoms with Crippen molar-refractivity contribution in [3.8, 4) is 5.75 Å². The van der Waals surface area contributed by atoms with Gasteiger partial charge in [-0.05, 0) is 43.0 Å². The molecule has 1 fully saturated rings. The second kappa shape index (κ2) is 6.44. The molecule has 2 N–H and O–H groups in total. The lowest BCUT2D eigenvalue weighted by Gasteiger charge is -2.33. The summed E-state index contributed by atoms with van der Waals surface area (Å²) in [6, 6.07) is 3.94. The average molecular weight is 322 g/mol. The number of piperidine rings is 1. The Balaban J connectivity index is 1.54. The van der Waals surface area contributed by atoms with E-state index in [1.165, 1.54) is 12.1 Å². The number of aliphatic carboxylic acids is 1. The van der Waals surface area contributed by atoms with Gasteiger partial charge in [-0.2, -0.15) is 0 Å². The molecule has 0 saturated carbocycles. The van der Waals surface area contributed by atoms with Crippen molar-refractivity contribution in [3.05, 3.63) is 29.6 Å². The molecule has 0 radical (unpaired) electrons. The van der Waals surface area contributed by atoms with Gasteiger partial charge in [-0.1, -0.05) is 0 Å². The number of halogens is 1. The molecule has 23 heavy (non-hydrogen) atoms. The molecule has 6 nitrogen and oxygen atoms in total. The van der Waals surface area contributed by atoms with Crippen LogP contribution in [0.15, 0.2) is 18.2 Å². The van der Waals surface area contributed by atoms with Crippen LogP contribution in [-0.4, -0.2) is 47.7 Å². The van der Waals surface area contributed by atoms with Gasteiger partial charge in [-0.3, -0.25) is 4.79 Å². The van der Waals surface area contributed by atoms with Crippen molar-refractivity contribution in [3.63, 3.8) is 0 Å². The third-order valence-electron chi connectivity index (χ3n) is 4.39. The predicted octanol–water partition coefficient (Wildman–Crippen LogP) is 1.64. The number of rotatable bonds is 2. The number of nitrogens with one attached hydrogen (secondary N) is 1. The number of amides is 2. The Morgan fingerprint density at radius 2 is 2.04 bits per heavy atom. The van der Waals surface area contributed by atoms with Gasteiger partial charge in [-0.25, -0.2) is 9.18 Å². The molecule has 3 rings (SSSR count). The number of carboxylic acids is 1. The number of carbonyl (C=O) groups is 2. The number of urea groups is 1. The number of hydrogen-bond acceptors (Lipinski definition) is 3. The fourth-order valence-electron chi connectivity index (χ4n) is 3.05. The lowest BCUT2D eigenvalue weighted by molar-refractivity contribution is -0.143. The molecule has 2 aliphatic heterocycles. The van der Waals surface area contributed by atoms with Crippen LogP contribution in [0.4, 0.5) is 9.18 Å². The van der Waals surface area contributed by atoms with Crippen molar-refractivity contribution in [1.82, 2.24) is 10.2 Å². The van der Waals surface area contributed by atoms with Crippen molar-refractivity contribution in [1.29, 1.82) is 0 Å². The van der Waals surface area contributed by atoms with E-state index in [2.05, 4.69) is 5.32 Å². The minimum absolute atomic E-state index is 0.214. The first-order valence-electron chi connectivity index (χ1n) is 7.72. The number of likely N-dealkylation sites (tertiary alicyclic amines) is 1. The molecule has 2 amide bonds. The molecule has 2 heterocycles. The van der Waals surface area contributed by atoms with Gasteiger partial charge in [0.1, 0.15) is 18.2 Å². The topological polar surface area (TPSA) is 78.9 Å². The van der Waals surface area contributed by atoms with E-state index in [1.54, 1.807) is 11.0 Å². The zero-order valence-corrected chi connectivity index (χ0v) is 12.6. The molecule has 2 aliphatic rings. The summed E-state index contributed by atoms with van der Waals surface area (Å²) in [7, 11) is 0. The Hall–Kier alpha value is -2.31. The lowest BCUT2D eigenvalue weighted by Crippen LogP contribution is -2.51. The largest absolute Gasteiger partial charge is 0.491 e. The van der Waals surface area contributed by atoms with E-state index < -0.39 is 5.97 Å². The maximum absolute atomic E-state index is 13.3. The first-order chi connectivity index (χ1) is 11.0. The Bertz CT molecular complexity index is 614. The smallest absolute Gasteiger partial charge is 0.317 e. The first kappa shape index (κ1) is 15.6. The number of nitrogens with zero attached hydrogens (tertiary/aromatic N) is 1. The van der Waals surface area contributed by atoms with Crippen LogP contribution >= 0.6 is 0 Å². The fraction of sp³-hybridized carbons (Fsp3) is 0.500. The van der Waals surface area contributed by atoms with E-state index in [9.17, 15) is 14.0 Å². The van der Waals surface area contributed by atoms with Gasteiger partial charge in [0.15, 0.2) is 0 Å². The average Bonchev–Trinajstić information content (AvgIpc) is 2.54. The number of carboxylic acid groups (broad SMARTS) is 1. The molecule has 1 aromatic rings. The summed E-state index contributed by atoms with van der Waals surface area (Å²) in [5.41, 5.74) is 0.742. The SMILES string of the molecule is O=C(O)C1CCN(C(=O)NC2COc3ccc(F)cc3C2)CC1. The minimum atomic E-state index is -0.802. The van der Waals surface area contributed by atoms with E-state index >= 15 is 0 Å². The van der Waals surface area contributed by atoms with Crippen LogP contribution in [0.25, 0.3) is 0 Å². The summed E-state index contributed by atoms with van der Waals surface area (Å²) >= 11 is 0. The van der Waals surface area contributed by atoms with Crippen LogP contribution in [0, 0.1) is 11.7 Å². The highest BCUT2D eigenvalue weighted by Gasteiger charge is 2.29. The molecule has 0 bridgehead atoms. The number of fused-ring (bicyclic) bond motifs is 1. The van der Waals surface area contributed by atoms with Crippen molar-refractivity contribution in [2.45, 2.75) is 25.3 Å². The molecule has 0 aliphatic carbocycles. The zero-order chi connectivity index (χ0) is 16.4. The molecule has 1 saturated heterocycles. The first-order valence-corrected chi connectivity index (χ1v) is 7.72. The Kier molecular flexibility index (Phi) is 4.36. The standard InChI is InChI=1S/C16H19FN2O4/c17-12-1-2-14-11(7-12)8-13(9-23-14)18-16(22)19-5-3-10(4-6-19)15(20)21/h1-2,7,10,13H,3-6,8-9H2,(H,18,22)(H,20,21). The molecule has 1 atom stereocenters. The van der Waals surface area contributed by atoms with Crippen LogP contribution < -0.4 is 10.1 Å². The van der Waals surface area contributed by atoms with E-state index in [4.69, 9.17) is 9.84 Å². The van der Waals surface area contributed by atoms with Crippen LogP contribution in [0.3, 0.4) is 0 Å². The Morgan fingerprint density at radius 3 is 2.74 bits per heavy atom. The summed E-state index contributed by atoms with van der Waals surface area (Å²) in [6.45, 7) is 1.21. The van der Waals surface area contributed by atoms with Crippen LogP contribution in [0.5, 0.6) is 5.75 Å². The molecule has 7 heteroatoms. The number of ether oxygens (including phenoxy) is 1. The molecule has 1 aromatic carbocycles. The van der Waals surface area contributed by atoms with E-state index in [0.29, 0.717) is 44.7 Å². The summed E-state index contributed by atoms with van der Waals surface area (Å²) < 4.78 is 18.8. The second-order valence-corrected chi connectivity index (χ2v) is 6.01. The van der Waals surface area contributed by atoms with Crippen molar-refractivity contribution in [2.24, 2.45) is 5.92 Å². The zero-order valence-electron chi connectivity index (χ0n) is 12.6. The van der Waals surface area contributed by atoms with Gasteiger partial charge in [0, 0.05) is 13.1 Å². The minimum Gasteiger partial charge on any atom is -0.491 e. The quantitative estimate of drug-likeness (QED) is 0.867. The van der Waals surface area contributed by atoms with Gasteiger partial charge in [0.2, 0.25) is 0 Å². The number of carbonyl (C=O) groups excluding carboxylic acids is 1.